The van der Waals surface area contributed by atoms with E-state index in [1.807, 2.05) is 30.3 Å². The Kier molecular flexibility index (Phi) is 7.04. The second-order valence-corrected chi connectivity index (χ2v) is 8.33. The summed E-state index contributed by atoms with van der Waals surface area (Å²) in [5.41, 5.74) is 1.31. The lowest BCUT2D eigenvalue weighted by Gasteiger charge is -2.34. The molecule has 0 atom stereocenters. The molecule has 1 aliphatic rings. The smallest absolute Gasteiger partial charge is 0.205 e. The van der Waals surface area contributed by atoms with Crippen molar-refractivity contribution in [1.82, 2.24) is 14.3 Å². The van der Waals surface area contributed by atoms with E-state index in [-0.39, 0.29) is 0 Å². The van der Waals surface area contributed by atoms with Crippen LogP contribution < -0.4 is 14.4 Å². The first-order valence-electron chi connectivity index (χ1n) is 10.0. The molecule has 158 valence electrons. The van der Waals surface area contributed by atoms with E-state index in [4.69, 9.17) is 21.1 Å². The number of ether oxygens (including phenoxy) is 2. The number of benzene rings is 2. The summed E-state index contributed by atoms with van der Waals surface area (Å²) >= 11 is 7.34. The Labute approximate surface area is 186 Å². The molecule has 3 aromatic rings. The van der Waals surface area contributed by atoms with E-state index in [1.54, 1.807) is 7.11 Å². The standard InChI is InChI=1S/C22H25ClN4O2S/c1-28-20-4-2-3-17(15-20)9-10-26-11-13-27(14-12-26)22-24-21(25-30-22)16-29-19-7-5-18(23)6-8-19/h2-8,15H,9-14,16H2,1H3. The lowest BCUT2D eigenvalue weighted by atomic mass is 10.1. The maximum Gasteiger partial charge on any atom is 0.205 e. The van der Waals surface area contributed by atoms with Crippen molar-refractivity contribution < 1.29 is 9.47 Å². The molecule has 1 aliphatic heterocycles. The Morgan fingerprint density at radius 1 is 1.03 bits per heavy atom. The minimum absolute atomic E-state index is 0.360. The lowest BCUT2D eigenvalue weighted by molar-refractivity contribution is 0.260. The van der Waals surface area contributed by atoms with Crippen molar-refractivity contribution in [2.24, 2.45) is 0 Å². The second kappa shape index (κ2) is 10.1. The van der Waals surface area contributed by atoms with Crippen LogP contribution in [0.1, 0.15) is 11.4 Å². The predicted octanol–water partition coefficient (Wildman–Crippen LogP) is 4.14. The number of methoxy groups -OCH3 is 1. The van der Waals surface area contributed by atoms with Crippen LogP contribution in [0.15, 0.2) is 48.5 Å². The first-order valence-corrected chi connectivity index (χ1v) is 11.2. The average molecular weight is 445 g/mol. The molecule has 0 N–H and O–H groups in total. The molecular formula is C22H25ClN4O2S. The monoisotopic (exact) mass is 444 g/mol. The van der Waals surface area contributed by atoms with Crippen LogP contribution in [0.5, 0.6) is 11.5 Å². The highest BCUT2D eigenvalue weighted by Gasteiger charge is 2.20. The van der Waals surface area contributed by atoms with Gasteiger partial charge in [-0.15, -0.1) is 0 Å². The maximum atomic E-state index is 5.90. The van der Waals surface area contributed by atoms with Gasteiger partial charge in [0.1, 0.15) is 18.1 Å². The van der Waals surface area contributed by atoms with Gasteiger partial charge in [-0.3, -0.25) is 4.90 Å². The Morgan fingerprint density at radius 3 is 2.60 bits per heavy atom. The van der Waals surface area contributed by atoms with Crippen LogP contribution >= 0.6 is 23.1 Å². The molecule has 2 heterocycles. The molecule has 8 heteroatoms. The Bertz CT molecular complexity index is 942. The fourth-order valence-corrected chi connectivity index (χ4v) is 4.24. The molecule has 4 rings (SSSR count). The SMILES string of the molecule is COc1cccc(CCN2CCN(c3nc(COc4ccc(Cl)cc4)ns3)CC2)c1. The zero-order chi connectivity index (χ0) is 20.8. The Hall–Kier alpha value is -2.35. The van der Waals surface area contributed by atoms with Crippen LogP contribution in [-0.2, 0) is 13.0 Å². The molecule has 1 aromatic heterocycles. The van der Waals surface area contributed by atoms with Gasteiger partial charge in [-0.25, -0.2) is 0 Å². The minimum atomic E-state index is 0.360. The van der Waals surface area contributed by atoms with Gasteiger partial charge in [0, 0.05) is 49.3 Å². The number of hydrogen-bond donors (Lipinski definition) is 0. The van der Waals surface area contributed by atoms with E-state index in [0.717, 1.165) is 55.8 Å². The number of hydrogen-bond acceptors (Lipinski definition) is 7. The third kappa shape index (κ3) is 5.62. The molecule has 0 aliphatic carbocycles. The van der Waals surface area contributed by atoms with E-state index in [9.17, 15) is 0 Å². The number of rotatable bonds is 8. The van der Waals surface area contributed by atoms with Crippen molar-refractivity contribution in [2.45, 2.75) is 13.0 Å². The molecule has 0 radical (unpaired) electrons. The van der Waals surface area contributed by atoms with Gasteiger partial charge in [-0.1, -0.05) is 23.7 Å². The van der Waals surface area contributed by atoms with Gasteiger partial charge in [0.25, 0.3) is 0 Å². The molecule has 30 heavy (non-hydrogen) atoms. The Balaban J connectivity index is 1.22. The first-order chi connectivity index (χ1) is 14.7. The van der Waals surface area contributed by atoms with E-state index >= 15 is 0 Å². The number of nitrogens with zero attached hydrogens (tertiary/aromatic N) is 4. The molecule has 0 unspecified atom stereocenters. The zero-order valence-corrected chi connectivity index (χ0v) is 18.5. The summed E-state index contributed by atoms with van der Waals surface area (Å²) < 4.78 is 15.5. The zero-order valence-electron chi connectivity index (χ0n) is 17.0. The van der Waals surface area contributed by atoms with E-state index < -0.39 is 0 Å². The minimum Gasteiger partial charge on any atom is -0.497 e. The fraction of sp³-hybridized carbons (Fsp3) is 0.364. The molecule has 2 aromatic carbocycles. The summed E-state index contributed by atoms with van der Waals surface area (Å²) in [7, 11) is 1.71. The van der Waals surface area contributed by atoms with E-state index in [0.29, 0.717) is 17.5 Å². The molecule has 0 amide bonds. The van der Waals surface area contributed by atoms with Crippen LogP contribution in [0.3, 0.4) is 0 Å². The normalized spacial score (nSPS) is 14.7. The molecule has 6 nitrogen and oxygen atoms in total. The summed E-state index contributed by atoms with van der Waals surface area (Å²) in [6, 6.07) is 15.6. The van der Waals surface area contributed by atoms with E-state index in [1.165, 1.54) is 17.1 Å². The van der Waals surface area contributed by atoms with Gasteiger partial charge < -0.3 is 14.4 Å². The topological polar surface area (TPSA) is 50.7 Å². The number of halogens is 1. The van der Waals surface area contributed by atoms with Crippen molar-refractivity contribution in [3.8, 4) is 11.5 Å². The molecule has 1 saturated heterocycles. The van der Waals surface area contributed by atoms with Crippen LogP contribution in [0.25, 0.3) is 0 Å². The predicted molar refractivity (Wildman–Crippen MR) is 121 cm³/mol. The lowest BCUT2D eigenvalue weighted by Crippen LogP contribution is -2.47. The Morgan fingerprint density at radius 2 is 1.83 bits per heavy atom. The van der Waals surface area contributed by atoms with Crippen molar-refractivity contribution in [3.63, 3.8) is 0 Å². The quantitative estimate of drug-likeness (QED) is 0.520. The summed E-state index contributed by atoms with van der Waals surface area (Å²) in [4.78, 5) is 9.47. The molecule has 0 saturated carbocycles. The van der Waals surface area contributed by atoms with Gasteiger partial charge in [0.2, 0.25) is 5.13 Å². The van der Waals surface area contributed by atoms with Crippen LogP contribution in [0, 0.1) is 0 Å². The second-order valence-electron chi connectivity index (χ2n) is 7.17. The highest BCUT2D eigenvalue weighted by molar-refractivity contribution is 7.09. The largest absolute Gasteiger partial charge is 0.497 e. The summed E-state index contributed by atoms with van der Waals surface area (Å²) in [5, 5.41) is 1.66. The number of aromatic nitrogens is 2. The number of anilines is 1. The van der Waals surface area contributed by atoms with Crippen molar-refractivity contribution in [2.75, 3.05) is 44.7 Å². The van der Waals surface area contributed by atoms with Crippen LogP contribution in [-0.4, -0.2) is 54.1 Å². The van der Waals surface area contributed by atoms with Crippen LogP contribution in [0.2, 0.25) is 5.02 Å². The van der Waals surface area contributed by atoms with Crippen molar-refractivity contribution in [1.29, 1.82) is 0 Å². The third-order valence-electron chi connectivity index (χ3n) is 5.13. The van der Waals surface area contributed by atoms with Crippen molar-refractivity contribution in [3.05, 3.63) is 64.9 Å². The molecular weight excluding hydrogens is 420 g/mol. The maximum absolute atomic E-state index is 5.90. The fourth-order valence-electron chi connectivity index (χ4n) is 3.39. The summed E-state index contributed by atoms with van der Waals surface area (Å²) in [6.45, 7) is 5.39. The highest BCUT2D eigenvalue weighted by atomic mass is 35.5. The first kappa shape index (κ1) is 20.9. The summed E-state index contributed by atoms with van der Waals surface area (Å²) in [5.74, 6) is 2.40. The number of piperazine rings is 1. The van der Waals surface area contributed by atoms with E-state index in [2.05, 4.69) is 37.4 Å². The van der Waals surface area contributed by atoms with Gasteiger partial charge in [0.15, 0.2) is 5.82 Å². The average Bonchev–Trinajstić information content (AvgIpc) is 3.27. The highest BCUT2D eigenvalue weighted by Crippen LogP contribution is 2.21. The summed E-state index contributed by atoms with van der Waals surface area (Å²) in [6.07, 6.45) is 1.03. The third-order valence-corrected chi connectivity index (χ3v) is 6.20. The van der Waals surface area contributed by atoms with Gasteiger partial charge in [0.05, 0.1) is 7.11 Å². The van der Waals surface area contributed by atoms with Gasteiger partial charge in [-0.2, -0.15) is 9.36 Å². The molecule has 0 spiro atoms. The van der Waals surface area contributed by atoms with Crippen LogP contribution in [0.4, 0.5) is 5.13 Å². The van der Waals surface area contributed by atoms with Gasteiger partial charge >= 0.3 is 0 Å². The van der Waals surface area contributed by atoms with Crippen molar-refractivity contribution >= 4 is 28.3 Å². The molecule has 1 fully saturated rings. The van der Waals surface area contributed by atoms with Gasteiger partial charge in [-0.05, 0) is 48.4 Å². The molecule has 0 bridgehead atoms.